The molecule has 0 saturated heterocycles. The maximum Gasteiger partial charge on any atom is 0.136 e. The summed E-state index contributed by atoms with van der Waals surface area (Å²) in [6.45, 7) is 15.6. The van der Waals surface area contributed by atoms with Crippen LogP contribution >= 0.6 is 0 Å². The van der Waals surface area contributed by atoms with Crippen LogP contribution in [0.3, 0.4) is 0 Å². The van der Waals surface area contributed by atoms with Crippen LogP contribution in [-0.2, 0) is 4.74 Å². The Balaban J connectivity index is 3.28. The van der Waals surface area contributed by atoms with Crippen molar-refractivity contribution in [3.63, 3.8) is 0 Å². The number of ether oxygens (including phenoxy) is 1. The highest BCUT2D eigenvalue weighted by molar-refractivity contribution is 5.28. The van der Waals surface area contributed by atoms with Gasteiger partial charge in [0.1, 0.15) is 5.60 Å². The summed E-state index contributed by atoms with van der Waals surface area (Å²) >= 11 is 0. The monoisotopic (exact) mass is 208 g/mol. The zero-order chi connectivity index (χ0) is 11.9. The minimum absolute atomic E-state index is 0.0806. The van der Waals surface area contributed by atoms with E-state index in [1.54, 1.807) is 0 Å². The lowest BCUT2D eigenvalue weighted by Crippen LogP contribution is -2.53. The van der Waals surface area contributed by atoms with Crippen LogP contribution in [0.15, 0.2) is 24.0 Å². The van der Waals surface area contributed by atoms with Crippen molar-refractivity contribution in [1.29, 1.82) is 0 Å². The Labute approximate surface area is 94.2 Å². The minimum Gasteiger partial charge on any atom is -0.490 e. The largest absolute Gasteiger partial charge is 0.490 e. The molecule has 1 rings (SSSR count). The van der Waals surface area contributed by atoms with Crippen LogP contribution < -0.4 is 0 Å². The van der Waals surface area contributed by atoms with Gasteiger partial charge in [0.05, 0.1) is 6.26 Å². The molecule has 0 spiro atoms. The van der Waals surface area contributed by atoms with E-state index in [1.807, 2.05) is 12.3 Å². The standard InChI is InChI=1S/C14H24O/c1-11-8-9-15-14(10-11,12(2,3)4)13(5,6)7/h8-10H,1-7H3. The van der Waals surface area contributed by atoms with Crippen molar-refractivity contribution in [3.8, 4) is 0 Å². The normalized spacial score (nSPS) is 20.9. The van der Waals surface area contributed by atoms with E-state index in [2.05, 4.69) is 54.5 Å². The molecule has 1 aliphatic rings. The fourth-order valence-corrected chi connectivity index (χ4v) is 2.56. The van der Waals surface area contributed by atoms with Crippen LogP contribution in [0.5, 0.6) is 0 Å². The molecular weight excluding hydrogens is 184 g/mol. The molecule has 0 fully saturated rings. The van der Waals surface area contributed by atoms with Crippen LogP contribution in [0.4, 0.5) is 0 Å². The van der Waals surface area contributed by atoms with Gasteiger partial charge in [-0.3, -0.25) is 0 Å². The van der Waals surface area contributed by atoms with Crippen LogP contribution in [0.25, 0.3) is 0 Å². The lowest BCUT2D eigenvalue weighted by atomic mass is 9.61. The lowest BCUT2D eigenvalue weighted by molar-refractivity contribution is -0.107. The molecule has 0 unspecified atom stereocenters. The molecule has 0 atom stereocenters. The molecule has 1 nitrogen and oxygen atoms in total. The zero-order valence-electron chi connectivity index (χ0n) is 11.1. The molecule has 0 aromatic carbocycles. The van der Waals surface area contributed by atoms with E-state index in [0.717, 1.165) is 0 Å². The highest BCUT2D eigenvalue weighted by Crippen LogP contribution is 2.49. The molecule has 0 radical (unpaired) electrons. The Kier molecular flexibility index (Phi) is 2.80. The zero-order valence-corrected chi connectivity index (χ0v) is 11.1. The van der Waals surface area contributed by atoms with Crippen molar-refractivity contribution >= 4 is 0 Å². The molecule has 0 aromatic rings. The number of rotatable bonds is 0. The van der Waals surface area contributed by atoms with E-state index in [1.165, 1.54) is 5.57 Å². The first-order valence-electron chi connectivity index (χ1n) is 5.64. The van der Waals surface area contributed by atoms with E-state index in [0.29, 0.717) is 0 Å². The maximum absolute atomic E-state index is 6.01. The fraction of sp³-hybridized carbons (Fsp3) is 0.714. The first-order chi connectivity index (χ1) is 6.60. The van der Waals surface area contributed by atoms with Crippen molar-refractivity contribution in [2.75, 3.05) is 0 Å². The Morgan fingerprint density at radius 2 is 1.47 bits per heavy atom. The van der Waals surface area contributed by atoms with E-state index >= 15 is 0 Å². The Hall–Kier alpha value is -0.720. The average Bonchev–Trinajstić information content (AvgIpc) is 1.99. The molecule has 0 aliphatic carbocycles. The first-order valence-corrected chi connectivity index (χ1v) is 5.64. The third-order valence-electron chi connectivity index (χ3n) is 3.24. The highest BCUT2D eigenvalue weighted by atomic mass is 16.5. The second kappa shape index (κ2) is 3.40. The first kappa shape index (κ1) is 12.4. The van der Waals surface area contributed by atoms with Crippen LogP contribution in [-0.4, -0.2) is 5.60 Å². The van der Waals surface area contributed by atoms with Crippen molar-refractivity contribution < 1.29 is 4.74 Å². The second-order valence-electron chi connectivity index (χ2n) is 6.54. The number of hydrogen-bond donors (Lipinski definition) is 0. The summed E-state index contributed by atoms with van der Waals surface area (Å²) in [5, 5.41) is 0. The molecule has 15 heavy (non-hydrogen) atoms. The molecule has 1 aliphatic heterocycles. The summed E-state index contributed by atoms with van der Waals surface area (Å²) in [7, 11) is 0. The number of allylic oxidation sites excluding steroid dienone is 2. The van der Waals surface area contributed by atoms with E-state index in [4.69, 9.17) is 4.74 Å². The van der Waals surface area contributed by atoms with Gasteiger partial charge in [-0.05, 0) is 24.6 Å². The predicted molar refractivity (Wildman–Crippen MR) is 65.6 cm³/mol. The minimum atomic E-state index is -0.223. The van der Waals surface area contributed by atoms with Crippen molar-refractivity contribution in [2.45, 2.75) is 54.1 Å². The molecule has 86 valence electrons. The molecule has 0 aromatic heterocycles. The summed E-state index contributed by atoms with van der Waals surface area (Å²) < 4.78 is 6.01. The van der Waals surface area contributed by atoms with Gasteiger partial charge < -0.3 is 4.74 Å². The SMILES string of the molecule is CC1=CC(C(C)(C)C)(C(C)(C)C)OC=C1. The maximum atomic E-state index is 6.01. The van der Waals surface area contributed by atoms with Gasteiger partial charge in [0.2, 0.25) is 0 Å². The smallest absolute Gasteiger partial charge is 0.136 e. The Morgan fingerprint density at radius 3 is 1.73 bits per heavy atom. The van der Waals surface area contributed by atoms with Gasteiger partial charge in [0, 0.05) is 10.8 Å². The van der Waals surface area contributed by atoms with Crippen LogP contribution in [0, 0.1) is 10.8 Å². The van der Waals surface area contributed by atoms with E-state index in [9.17, 15) is 0 Å². The molecular formula is C14H24O. The number of hydrogen-bond acceptors (Lipinski definition) is 1. The van der Waals surface area contributed by atoms with E-state index in [-0.39, 0.29) is 16.4 Å². The average molecular weight is 208 g/mol. The van der Waals surface area contributed by atoms with Gasteiger partial charge in [-0.15, -0.1) is 0 Å². The summed E-state index contributed by atoms with van der Waals surface area (Å²) in [6, 6.07) is 0. The lowest BCUT2D eigenvalue weighted by Gasteiger charge is -2.51. The quantitative estimate of drug-likeness (QED) is 0.576. The molecule has 1 heteroatoms. The summed E-state index contributed by atoms with van der Waals surface area (Å²) in [5.41, 5.74) is 1.22. The third kappa shape index (κ3) is 1.97. The van der Waals surface area contributed by atoms with Crippen molar-refractivity contribution in [1.82, 2.24) is 0 Å². The van der Waals surface area contributed by atoms with Crippen LogP contribution in [0.2, 0.25) is 0 Å². The second-order valence-corrected chi connectivity index (χ2v) is 6.54. The van der Waals surface area contributed by atoms with Crippen LogP contribution in [0.1, 0.15) is 48.5 Å². The molecule has 0 amide bonds. The molecule has 1 heterocycles. The van der Waals surface area contributed by atoms with Gasteiger partial charge in [-0.1, -0.05) is 41.5 Å². The van der Waals surface area contributed by atoms with Gasteiger partial charge in [-0.2, -0.15) is 0 Å². The van der Waals surface area contributed by atoms with Gasteiger partial charge in [0.15, 0.2) is 0 Å². The van der Waals surface area contributed by atoms with E-state index < -0.39 is 0 Å². The van der Waals surface area contributed by atoms with Gasteiger partial charge in [0.25, 0.3) is 0 Å². The molecule has 0 N–H and O–H groups in total. The van der Waals surface area contributed by atoms with Gasteiger partial charge in [-0.25, -0.2) is 0 Å². The highest BCUT2D eigenvalue weighted by Gasteiger charge is 2.51. The van der Waals surface area contributed by atoms with Gasteiger partial charge >= 0.3 is 0 Å². The molecule has 0 bridgehead atoms. The summed E-state index contributed by atoms with van der Waals surface area (Å²) in [4.78, 5) is 0. The molecule has 0 saturated carbocycles. The Bertz CT molecular complexity index is 280. The third-order valence-corrected chi connectivity index (χ3v) is 3.24. The van der Waals surface area contributed by atoms with Crippen molar-refractivity contribution in [2.24, 2.45) is 10.8 Å². The Morgan fingerprint density at radius 1 is 1.00 bits per heavy atom. The fourth-order valence-electron chi connectivity index (χ4n) is 2.56. The van der Waals surface area contributed by atoms with Crippen molar-refractivity contribution in [3.05, 3.63) is 24.0 Å². The predicted octanol–water partition coefficient (Wildman–Crippen LogP) is 4.31. The topological polar surface area (TPSA) is 9.23 Å². The summed E-state index contributed by atoms with van der Waals surface area (Å²) in [5.74, 6) is 0. The summed E-state index contributed by atoms with van der Waals surface area (Å²) in [6.07, 6.45) is 6.13.